The first kappa shape index (κ1) is 47.4. The third-order valence-corrected chi connectivity index (χ3v) is 9.59. The summed E-state index contributed by atoms with van der Waals surface area (Å²) < 4.78 is 118. The molecule has 2 N–H and O–H groups in total. The van der Waals surface area contributed by atoms with Crippen molar-refractivity contribution in [2.45, 2.75) is 141 Å². The van der Waals surface area contributed by atoms with E-state index >= 15 is 0 Å². The summed E-state index contributed by atoms with van der Waals surface area (Å²) in [4.78, 5) is 3.77. The predicted molar refractivity (Wildman–Crippen MR) is 166 cm³/mol. The molecule has 0 aromatic heterocycles. The molecule has 2 fully saturated rings. The van der Waals surface area contributed by atoms with Gasteiger partial charge in [-0.2, -0.15) is 26.3 Å². The lowest BCUT2D eigenvalue weighted by molar-refractivity contribution is -0.889. The van der Waals surface area contributed by atoms with Crippen molar-refractivity contribution in [2.75, 3.05) is 39.3 Å². The SMILES string of the molecule is CCCCCCCC[NH+]1CCC(CC)C1.CCCCCCCC[NH+]1CCC(CC)C1.O=S(=O)([O-])C(F)(F)F.O=S(=O)([O-])C(F)(F)F. The van der Waals surface area contributed by atoms with E-state index in [1.54, 1.807) is 0 Å². The van der Waals surface area contributed by atoms with Crippen LogP contribution in [-0.4, -0.2) is 76.2 Å². The summed E-state index contributed by atoms with van der Waals surface area (Å²) in [6.07, 6.45) is 23.1. The Hall–Kier alpha value is -0.680. The molecule has 0 bridgehead atoms. The fourth-order valence-electron chi connectivity index (χ4n) is 5.50. The van der Waals surface area contributed by atoms with Crippen LogP contribution in [-0.2, 0) is 20.2 Å². The van der Waals surface area contributed by atoms with Crippen LogP contribution in [0, 0.1) is 11.8 Å². The molecule has 2 aliphatic heterocycles. The van der Waals surface area contributed by atoms with E-state index in [-0.39, 0.29) is 0 Å². The summed E-state index contributed by atoms with van der Waals surface area (Å²) in [5.74, 6) is 2.08. The minimum absolute atomic E-state index is 1.04. The van der Waals surface area contributed by atoms with Crippen LogP contribution in [0.2, 0.25) is 0 Å². The molecule has 4 atom stereocenters. The van der Waals surface area contributed by atoms with Crippen LogP contribution >= 0.6 is 0 Å². The van der Waals surface area contributed by atoms with Gasteiger partial charge in [-0.1, -0.05) is 79.1 Å². The lowest BCUT2D eigenvalue weighted by atomic mass is 10.1. The molecular weight excluding hydrogens is 662 g/mol. The fourth-order valence-corrected chi connectivity index (χ4v) is 5.50. The smallest absolute Gasteiger partial charge is 0.485 e. The standard InChI is InChI=1S/2C14H29N.2CHF3O3S/c2*1-3-5-6-7-8-9-11-15-12-10-14(4-2)13-15;2*2-1(3,4)8(5,6)7/h2*14H,3-13H2,1-2H3;2*(H,5,6,7). The molecule has 0 saturated carbocycles. The topological polar surface area (TPSA) is 123 Å². The zero-order valence-corrected chi connectivity index (χ0v) is 29.9. The van der Waals surface area contributed by atoms with Crippen LogP contribution in [0.5, 0.6) is 0 Å². The molecule has 2 aliphatic rings. The van der Waals surface area contributed by atoms with Crippen molar-refractivity contribution < 1.29 is 62.1 Å². The quantitative estimate of drug-likeness (QED) is 0.0949. The minimum atomic E-state index is -6.09. The molecule has 4 unspecified atom stereocenters. The second-order valence-corrected chi connectivity index (χ2v) is 15.1. The van der Waals surface area contributed by atoms with Crippen LogP contribution < -0.4 is 9.80 Å². The van der Waals surface area contributed by atoms with Gasteiger partial charge >= 0.3 is 11.0 Å². The van der Waals surface area contributed by atoms with Crippen LogP contribution in [0.4, 0.5) is 26.3 Å². The van der Waals surface area contributed by atoms with Crippen LogP contribution in [0.3, 0.4) is 0 Å². The van der Waals surface area contributed by atoms with Gasteiger partial charge in [0.05, 0.1) is 39.3 Å². The van der Waals surface area contributed by atoms with Crippen molar-refractivity contribution in [3.63, 3.8) is 0 Å². The fraction of sp³-hybridized carbons (Fsp3) is 1.00. The van der Waals surface area contributed by atoms with Gasteiger partial charge in [-0.15, -0.1) is 0 Å². The first-order chi connectivity index (χ1) is 21.2. The molecule has 2 heterocycles. The van der Waals surface area contributed by atoms with Gasteiger partial charge in [-0.3, -0.25) is 0 Å². The van der Waals surface area contributed by atoms with Gasteiger partial charge in [0.1, 0.15) is 0 Å². The number of alkyl halides is 6. The van der Waals surface area contributed by atoms with Gasteiger partial charge in [0.15, 0.2) is 20.2 Å². The zero-order chi connectivity index (χ0) is 35.9. The number of nitrogens with one attached hydrogen (secondary N) is 2. The molecule has 280 valence electrons. The maximum absolute atomic E-state index is 10.7. The van der Waals surface area contributed by atoms with Crippen LogP contribution in [0.25, 0.3) is 0 Å². The number of likely N-dealkylation sites (tertiary alicyclic amines) is 2. The Bertz CT molecular complexity index is 875. The Kier molecular flexibility index (Phi) is 26.1. The van der Waals surface area contributed by atoms with Gasteiger partial charge in [0.2, 0.25) is 0 Å². The summed E-state index contributed by atoms with van der Waals surface area (Å²) in [5.41, 5.74) is -11.3. The highest BCUT2D eigenvalue weighted by Gasteiger charge is 2.37. The van der Waals surface area contributed by atoms with E-state index in [2.05, 4.69) is 27.7 Å². The van der Waals surface area contributed by atoms with E-state index in [4.69, 9.17) is 25.9 Å². The number of quaternary nitrogens is 2. The highest BCUT2D eigenvalue weighted by molar-refractivity contribution is 7.86. The van der Waals surface area contributed by atoms with Crippen molar-refractivity contribution >= 4 is 20.2 Å². The Morgan fingerprint density at radius 1 is 0.543 bits per heavy atom. The first-order valence-electron chi connectivity index (χ1n) is 16.9. The van der Waals surface area contributed by atoms with Crippen LogP contribution in [0.15, 0.2) is 0 Å². The summed E-state index contributed by atoms with van der Waals surface area (Å²) in [7, 11) is -12.2. The van der Waals surface area contributed by atoms with Gasteiger partial charge in [0, 0.05) is 24.7 Å². The van der Waals surface area contributed by atoms with Crippen molar-refractivity contribution in [3.8, 4) is 0 Å². The van der Waals surface area contributed by atoms with Gasteiger partial charge in [-0.25, -0.2) is 16.8 Å². The van der Waals surface area contributed by atoms with E-state index in [1.165, 1.54) is 142 Å². The Morgan fingerprint density at radius 3 is 1.02 bits per heavy atom. The zero-order valence-electron chi connectivity index (χ0n) is 28.2. The largest absolute Gasteiger partial charge is 0.741 e. The molecule has 0 aliphatic carbocycles. The number of rotatable bonds is 16. The molecular formula is C30H60F6N2O6S2. The molecule has 8 nitrogen and oxygen atoms in total. The van der Waals surface area contributed by atoms with E-state index in [1.807, 2.05) is 9.80 Å². The van der Waals surface area contributed by atoms with Crippen molar-refractivity contribution in [3.05, 3.63) is 0 Å². The maximum Gasteiger partial charge on any atom is 0.485 e. The highest BCUT2D eigenvalue weighted by Crippen LogP contribution is 2.21. The lowest BCUT2D eigenvalue weighted by Gasteiger charge is -2.12. The Balaban J connectivity index is 0. The average Bonchev–Trinajstić information content (AvgIpc) is 3.61. The predicted octanol–water partition coefficient (Wildman–Crippen LogP) is 5.43. The number of halogens is 6. The molecule has 46 heavy (non-hydrogen) atoms. The second kappa shape index (κ2) is 25.3. The minimum Gasteiger partial charge on any atom is -0.741 e. The molecule has 0 amide bonds. The highest BCUT2D eigenvalue weighted by atomic mass is 32.2. The lowest BCUT2D eigenvalue weighted by Crippen LogP contribution is -3.10. The third-order valence-electron chi connectivity index (χ3n) is 8.46. The molecule has 2 rings (SSSR count). The Labute approximate surface area is 274 Å². The monoisotopic (exact) mass is 722 g/mol. The van der Waals surface area contributed by atoms with Crippen molar-refractivity contribution in [1.29, 1.82) is 0 Å². The molecule has 0 radical (unpaired) electrons. The average molecular weight is 723 g/mol. The third kappa shape index (κ3) is 25.4. The normalized spacial score (nSPS) is 21.8. The van der Waals surface area contributed by atoms with E-state index in [0.29, 0.717) is 0 Å². The Morgan fingerprint density at radius 2 is 0.804 bits per heavy atom. The van der Waals surface area contributed by atoms with Crippen LogP contribution in [0.1, 0.15) is 130 Å². The summed E-state index contributed by atoms with van der Waals surface area (Å²) in [6, 6.07) is 0. The molecule has 2 saturated heterocycles. The van der Waals surface area contributed by atoms with Gasteiger partial charge in [-0.05, 0) is 38.5 Å². The number of unbranched alkanes of at least 4 members (excludes halogenated alkanes) is 10. The molecule has 16 heteroatoms. The van der Waals surface area contributed by atoms with E-state index in [0.717, 1.165) is 11.8 Å². The number of hydrogen-bond acceptors (Lipinski definition) is 6. The van der Waals surface area contributed by atoms with Gasteiger partial charge < -0.3 is 18.9 Å². The second-order valence-electron chi connectivity index (χ2n) is 12.4. The number of hydrogen-bond donors (Lipinski definition) is 2. The van der Waals surface area contributed by atoms with E-state index in [9.17, 15) is 26.3 Å². The maximum atomic E-state index is 10.7. The van der Waals surface area contributed by atoms with Gasteiger partial charge in [0.25, 0.3) is 0 Å². The van der Waals surface area contributed by atoms with Crippen molar-refractivity contribution in [2.24, 2.45) is 11.8 Å². The summed E-state index contributed by atoms with van der Waals surface area (Å²) in [5, 5.41) is 0. The molecule has 0 aromatic carbocycles. The summed E-state index contributed by atoms with van der Waals surface area (Å²) in [6.45, 7) is 18.0. The van der Waals surface area contributed by atoms with Crippen molar-refractivity contribution in [1.82, 2.24) is 0 Å². The molecule has 0 aromatic rings. The van der Waals surface area contributed by atoms with E-state index < -0.39 is 31.3 Å². The summed E-state index contributed by atoms with van der Waals surface area (Å²) >= 11 is 0. The first-order valence-corrected chi connectivity index (χ1v) is 19.8. The molecule has 0 spiro atoms.